The SMILES string of the molecule is N#Cc1cccc(-c2cnc(C(=O)N[C@@H]3C[C@@H](CN=C/C=N\N)N(C#N)C3)o2)c1. The van der Waals surface area contributed by atoms with Gasteiger partial charge in [-0.2, -0.15) is 15.6 Å². The summed E-state index contributed by atoms with van der Waals surface area (Å²) in [6, 6.07) is 8.53. The average Bonchev–Trinajstić information content (AvgIpc) is 3.38. The van der Waals surface area contributed by atoms with Gasteiger partial charge in [0, 0.05) is 24.4 Å². The predicted molar refractivity (Wildman–Crippen MR) is 105 cm³/mol. The minimum Gasteiger partial charge on any atom is -0.432 e. The zero-order valence-electron chi connectivity index (χ0n) is 15.4. The lowest BCUT2D eigenvalue weighted by Crippen LogP contribution is -2.36. The zero-order chi connectivity index (χ0) is 20.6. The van der Waals surface area contributed by atoms with Crippen LogP contribution in [0.3, 0.4) is 0 Å². The number of hydrogen-bond donors (Lipinski definition) is 2. The minimum absolute atomic E-state index is 0.0773. The van der Waals surface area contributed by atoms with Crippen LogP contribution in [0.5, 0.6) is 0 Å². The van der Waals surface area contributed by atoms with Gasteiger partial charge in [0.15, 0.2) is 12.0 Å². The molecule has 1 saturated heterocycles. The number of rotatable bonds is 6. The van der Waals surface area contributed by atoms with Crippen LogP contribution in [0.25, 0.3) is 11.3 Å². The molecule has 2 heterocycles. The molecule has 1 aromatic carbocycles. The van der Waals surface area contributed by atoms with E-state index in [0.29, 0.717) is 36.4 Å². The highest BCUT2D eigenvalue weighted by Crippen LogP contribution is 2.22. The highest BCUT2D eigenvalue weighted by molar-refractivity contribution is 6.15. The molecule has 0 unspecified atom stereocenters. The van der Waals surface area contributed by atoms with Crippen molar-refractivity contribution in [1.29, 1.82) is 10.5 Å². The second kappa shape index (κ2) is 9.15. The third kappa shape index (κ3) is 4.76. The Morgan fingerprint density at radius 1 is 1.45 bits per heavy atom. The first kappa shape index (κ1) is 19.6. The van der Waals surface area contributed by atoms with E-state index < -0.39 is 5.91 Å². The first-order chi connectivity index (χ1) is 14.1. The van der Waals surface area contributed by atoms with Gasteiger partial charge < -0.3 is 20.5 Å². The van der Waals surface area contributed by atoms with Gasteiger partial charge in [-0.05, 0) is 18.6 Å². The van der Waals surface area contributed by atoms with E-state index in [0.717, 1.165) is 0 Å². The molecule has 0 spiro atoms. The summed E-state index contributed by atoms with van der Waals surface area (Å²) >= 11 is 0. The van der Waals surface area contributed by atoms with Gasteiger partial charge in [-0.1, -0.05) is 12.1 Å². The zero-order valence-corrected chi connectivity index (χ0v) is 15.4. The largest absolute Gasteiger partial charge is 0.432 e. The minimum atomic E-state index is -0.463. The maximum absolute atomic E-state index is 12.5. The highest BCUT2D eigenvalue weighted by Gasteiger charge is 2.33. The smallest absolute Gasteiger partial charge is 0.307 e. The third-order valence-corrected chi connectivity index (χ3v) is 4.43. The van der Waals surface area contributed by atoms with Gasteiger partial charge >= 0.3 is 5.91 Å². The summed E-state index contributed by atoms with van der Waals surface area (Å²) in [5, 5.41) is 24.4. The molecule has 1 aliphatic heterocycles. The number of hydrogen-bond acceptors (Lipinski definition) is 9. The number of aliphatic imine (C=N–C) groups is 1. The fourth-order valence-corrected chi connectivity index (χ4v) is 3.09. The number of oxazole rings is 1. The van der Waals surface area contributed by atoms with Gasteiger partial charge in [0.05, 0.1) is 36.6 Å². The molecule has 1 amide bonds. The van der Waals surface area contributed by atoms with Crippen molar-refractivity contribution >= 4 is 18.3 Å². The Balaban J connectivity index is 1.63. The Bertz CT molecular complexity index is 1010. The number of aromatic nitrogens is 1. The molecule has 0 bridgehead atoms. The van der Waals surface area contributed by atoms with E-state index in [1.165, 1.54) is 18.6 Å². The van der Waals surface area contributed by atoms with Crippen LogP contribution < -0.4 is 11.2 Å². The van der Waals surface area contributed by atoms with E-state index in [1.807, 2.05) is 0 Å². The maximum Gasteiger partial charge on any atom is 0.307 e. The first-order valence-corrected chi connectivity index (χ1v) is 8.80. The molecule has 3 N–H and O–H groups in total. The van der Waals surface area contributed by atoms with E-state index in [2.05, 4.69) is 32.7 Å². The van der Waals surface area contributed by atoms with Gasteiger partial charge in [0.1, 0.15) is 0 Å². The Labute approximate surface area is 167 Å². The number of hydrazone groups is 1. The Morgan fingerprint density at radius 3 is 3.07 bits per heavy atom. The average molecular weight is 390 g/mol. The summed E-state index contributed by atoms with van der Waals surface area (Å²) in [7, 11) is 0. The molecule has 0 radical (unpaired) electrons. The van der Waals surface area contributed by atoms with Crippen LogP contribution >= 0.6 is 0 Å². The van der Waals surface area contributed by atoms with Crippen molar-refractivity contribution in [2.24, 2.45) is 15.9 Å². The number of nitrogens with zero attached hydrogens (tertiary/aromatic N) is 6. The van der Waals surface area contributed by atoms with Crippen molar-refractivity contribution in [3.63, 3.8) is 0 Å². The van der Waals surface area contributed by atoms with Gasteiger partial charge in [-0.25, -0.2) is 4.98 Å². The molecule has 0 saturated carbocycles. The molecule has 2 aromatic rings. The number of nitrogens with one attached hydrogen (secondary N) is 1. The molecule has 10 heteroatoms. The van der Waals surface area contributed by atoms with Crippen molar-refractivity contribution in [2.75, 3.05) is 13.1 Å². The third-order valence-electron chi connectivity index (χ3n) is 4.43. The quantitative estimate of drug-likeness (QED) is 0.321. The van der Waals surface area contributed by atoms with Crippen LogP contribution in [0.1, 0.15) is 22.7 Å². The van der Waals surface area contributed by atoms with Gasteiger partial charge in [0.25, 0.3) is 5.89 Å². The van der Waals surface area contributed by atoms with E-state index in [9.17, 15) is 10.1 Å². The van der Waals surface area contributed by atoms with Crippen molar-refractivity contribution in [1.82, 2.24) is 15.2 Å². The van der Waals surface area contributed by atoms with E-state index >= 15 is 0 Å². The molecule has 146 valence electrons. The van der Waals surface area contributed by atoms with Crippen LogP contribution in [-0.2, 0) is 0 Å². The number of carbonyl (C=O) groups is 1. The van der Waals surface area contributed by atoms with Crippen molar-refractivity contribution in [2.45, 2.75) is 18.5 Å². The van der Waals surface area contributed by atoms with Crippen molar-refractivity contribution < 1.29 is 9.21 Å². The number of nitriles is 2. The molecular weight excluding hydrogens is 372 g/mol. The van der Waals surface area contributed by atoms with E-state index in [4.69, 9.17) is 15.5 Å². The molecule has 2 atom stereocenters. The number of benzene rings is 1. The van der Waals surface area contributed by atoms with Crippen LogP contribution in [0.4, 0.5) is 0 Å². The normalized spacial score (nSPS) is 18.8. The fraction of sp³-hybridized carbons (Fsp3) is 0.263. The van der Waals surface area contributed by atoms with Crippen LogP contribution in [0.2, 0.25) is 0 Å². The highest BCUT2D eigenvalue weighted by atomic mass is 16.4. The van der Waals surface area contributed by atoms with E-state index in [-0.39, 0.29) is 18.0 Å². The molecule has 29 heavy (non-hydrogen) atoms. The van der Waals surface area contributed by atoms with Crippen LogP contribution in [0, 0.1) is 22.8 Å². The molecule has 0 aliphatic carbocycles. The summed E-state index contributed by atoms with van der Waals surface area (Å²) in [6.45, 7) is 0.773. The predicted octanol–water partition coefficient (Wildman–Crippen LogP) is 0.882. The number of carbonyl (C=O) groups excluding carboxylic acids is 1. The monoisotopic (exact) mass is 390 g/mol. The second-order valence-electron chi connectivity index (χ2n) is 6.35. The Hall–Kier alpha value is -4.18. The number of likely N-dealkylation sites (tertiary alicyclic amines) is 1. The van der Waals surface area contributed by atoms with Crippen molar-refractivity contribution in [3.8, 4) is 23.6 Å². The summed E-state index contributed by atoms with van der Waals surface area (Å²) in [5.41, 5.74) is 1.14. The molecule has 1 aliphatic rings. The first-order valence-electron chi connectivity index (χ1n) is 8.80. The lowest BCUT2D eigenvalue weighted by atomic mass is 10.1. The number of amides is 1. The molecule has 3 rings (SSSR count). The summed E-state index contributed by atoms with van der Waals surface area (Å²) in [6.07, 6.45) is 6.95. The van der Waals surface area contributed by atoms with Crippen LogP contribution in [0.15, 0.2) is 45.0 Å². The summed E-state index contributed by atoms with van der Waals surface area (Å²) in [4.78, 5) is 22.2. The lowest BCUT2D eigenvalue weighted by Gasteiger charge is -2.14. The van der Waals surface area contributed by atoms with Crippen LogP contribution in [-0.4, -0.2) is 53.4 Å². The van der Waals surface area contributed by atoms with Gasteiger partial charge in [-0.3, -0.25) is 9.79 Å². The lowest BCUT2D eigenvalue weighted by molar-refractivity contribution is 0.0904. The van der Waals surface area contributed by atoms with E-state index in [1.54, 1.807) is 29.2 Å². The maximum atomic E-state index is 12.5. The summed E-state index contributed by atoms with van der Waals surface area (Å²) < 4.78 is 5.55. The Kier molecular flexibility index (Phi) is 6.18. The topological polar surface area (TPSA) is 157 Å². The fourth-order valence-electron chi connectivity index (χ4n) is 3.09. The van der Waals surface area contributed by atoms with Gasteiger partial charge in [-0.15, -0.1) is 0 Å². The summed E-state index contributed by atoms with van der Waals surface area (Å²) in [5.74, 6) is 4.85. The van der Waals surface area contributed by atoms with Crippen molar-refractivity contribution in [3.05, 3.63) is 41.9 Å². The standard InChI is InChI=1S/C19H18N8O2/c20-8-13-2-1-3-14(6-13)17-10-24-19(29-17)18(28)26-15-7-16(27(11-15)12-21)9-23-4-5-25-22/h1-6,10,15-16H,7,9,11,22H2,(H,26,28)/b23-4?,25-5-/t15-,16+/m1/s1. The second-order valence-corrected chi connectivity index (χ2v) is 6.35. The molecule has 10 nitrogen and oxygen atoms in total. The number of nitrogens with two attached hydrogens (primary N) is 1. The molecule has 1 aromatic heterocycles. The molecular formula is C19H18N8O2. The van der Waals surface area contributed by atoms with Gasteiger partial charge in [0.2, 0.25) is 0 Å². The molecule has 1 fully saturated rings. The Morgan fingerprint density at radius 2 is 2.31 bits per heavy atom.